The lowest BCUT2D eigenvalue weighted by Crippen LogP contribution is -2.35. The van der Waals surface area contributed by atoms with Crippen LogP contribution in [0.3, 0.4) is 0 Å². The van der Waals surface area contributed by atoms with E-state index in [0.717, 1.165) is 26.2 Å². The fourth-order valence-corrected chi connectivity index (χ4v) is 4.20. The first kappa shape index (κ1) is 16.7. The number of ether oxygens (including phenoxy) is 1. The van der Waals surface area contributed by atoms with Gasteiger partial charge < -0.3 is 15.0 Å². The summed E-state index contributed by atoms with van der Waals surface area (Å²) in [5.41, 5.74) is 1.35. The molecule has 0 radical (unpaired) electrons. The molecule has 0 spiro atoms. The second-order valence-electron chi connectivity index (χ2n) is 6.93. The van der Waals surface area contributed by atoms with E-state index in [4.69, 9.17) is 9.72 Å². The van der Waals surface area contributed by atoms with Crippen molar-refractivity contribution in [3.8, 4) is 0 Å². The standard InChI is InChI=1S/C16H29N3OS/c1-16(2,3)14-13(10-17-4)21-15(18-14)19-8-6-12(7-9-19)11-20-5/h12,17H,6-11H2,1-5H3. The van der Waals surface area contributed by atoms with Crippen molar-refractivity contribution >= 4 is 16.5 Å². The minimum Gasteiger partial charge on any atom is -0.384 e. The molecule has 1 aromatic rings. The molecule has 0 saturated carbocycles. The van der Waals surface area contributed by atoms with Gasteiger partial charge in [0.1, 0.15) is 0 Å². The first-order chi connectivity index (χ1) is 9.95. The topological polar surface area (TPSA) is 37.4 Å². The number of methoxy groups -OCH3 is 1. The second kappa shape index (κ2) is 7.07. The fourth-order valence-electron chi connectivity index (χ4n) is 2.87. The molecule has 0 unspecified atom stereocenters. The molecule has 21 heavy (non-hydrogen) atoms. The molecule has 5 heteroatoms. The average molecular weight is 311 g/mol. The highest BCUT2D eigenvalue weighted by atomic mass is 32.1. The van der Waals surface area contributed by atoms with Crippen LogP contribution in [0.1, 0.15) is 44.2 Å². The number of nitrogens with zero attached hydrogens (tertiary/aromatic N) is 2. The number of hydrogen-bond donors (Lipinski definition) is 1. The van der Waals surface area contributed by atoms with Gasteiger partial charge >= 0.3 is 0 Å². The average Bonchev–Trinajstić information content (AvgIpc) is 2.84. The first-order valence-corrected chi connectivity index (χ1v) is 8.66. The predicted octanol–water partition coefficient (Wildman–Crippen LogP) is 3.02. The van der Waals surface area contributed by atoms with Crippen LogP contribution in [0.5, 0.6) is 0 Å². The van der Waals surface area contributed by atoms with Gasteiger partial charge in [-0.25, -0.2) is 4.98 Å². The lowest BCUT2D eigenvalue weighted by molar-refractivity contribution is 0.139. The third-order valence-corrected chi connectivity index (χ3v) is 5.14. The van der Waals surface area contributed by atoms with Crippen molar-refractivity contribution in [3.63, 3.8) is 0 Å². The zero-order chi connectivity index (χ0) is 15.5. The SMILES string of the molecule is CNCc1sc(N2CCC(COC)CC2)nc1C(C)(C)C. The molecule has 1 aliphatic heterocycles. The summed E-state index contributed by atoms with van der Waals surface area (Å²) in [6, 6.07) is 0. The minimum atomic E-state index is 0.106. The van der Waals surface area contributed by atoms with Crippen molar-refractivity contribution in [2.75, 3.05) is 38.8 Å². The number of aromatic nitrogens is 1. The van der Waals surface area contributed by atoms with Crippen molar-refractivity contribution in [1.29, 1.82) is 0 Å². The van der Waals surface area contributed by atoms with Crippen molar-refractivity contribution in [3.05, 3.63) is 10.6 Å². The predicted molar refractivity (Wildman–Crippen MR) is 90.4 cm³/mol. The molecule has 2 rings (SSSR count). The third kappa shape index (κ3) is 4.18. The Labute approximate surface area is 132 Å². The summed E-state index contributed by atoms with van der Waals surface area (Å²) < 4.78 is 5.28. The van der Waals surface area contributed by atoms with Crippen LogP contribution in [0.15, 0.2) is 0 Å². The lowest BCUT2D eigenvalue weighted by Gasteiger charge is -2.31. The summed E-state index contributed by atoms with van der Waals surface area (Å²) in [7, 11) is 3.80. The molecule has 1 aliphatic rings. The molecule has 0 bridgehead atoms. The maximum absolute atomic E-state index is 5.28. The van der Waals surface area contributed by atoms with Crippen LogP contribution in [-0.4, -0.2) is 38.8 Å². The largest absolute Gasteiger partial charge is 0.384 e. The molecule has 0 aliphatic carbocycles. The number of thiazole rings is 1. The number of nitrogens with one attached hydrogen (secondary N) is 1. The summed E-state index contributed by atoms with van der Waals surface area (Å²) in [6.45, 7) is 10.7. The highest BCUT2D eigenvalue weighted by Gasteiger charge is 2.26. The Morgan fingerprint density at radius 2 is 2.00 bits per heavy atom. The van der Waals surface area contributed by atoms with Gasteiger partial charge in [0.15, 0.2) is 5.13 Å². The van der Waals surface area contributed by atoms with Gasteiger partial charge in [0.05, 0.1) is 5.69 Å². The van der Waals surface area contributed by atoms with Crippen molar-refractivity contribution in [1.82, 2.24) is 10.3 Å². The Balaban J connectivity index is 2.10. The fraction of sp³-hybridized carbons (Fsp3) is 0.812. The number of anilines is 1. The van der Waals surface area contributed by atoms with Crippen LogP contribution in [0, 0.1) is 5.92 Å². The van der Waals surface area contributed by atoms with E-state index in [1.807, 2.05) is 18.4 Å². The number of piperidine rings is 1. The van der Waals surface area contributed by atoms with Gasteiger partial charge in [-0.15, -0.1) is 11.3 Å². The maximum Gasteiger partial charge on any atom is 0.185 e. The van der Waals surface area contributed by atoms with E-state index in [1.54, 1.807) is 7.11 Å². The molecule has 120 valence electrons. The Hall–Kier alpha value is -0.650. The molecule has 0 amide bonds. The summed E-state index contributed by atoms with van der Waals surface area (Å²) in [5.74, 6) is 0.713. The van der Waals surface area contributed by atoms with Crippen LogP contribution >= 0.6 is 11.3 Å². The van der Waals surface area contributed by atoms with Gasteiger partial charge in [0.2, 0.25) is 0 Å². The monoisotopic (exact) mass is 311 g/mol. The van der Waals surface area contributed by atoms with E-state index in [0.29, 0.717) is 5.92 Å². The van der Waals surface area contributed by atoms with Crippen molar-refractivity contribution in [2.24, 2.45) is 5.92 Å². The van der Waals surface area contributed by atoms with Crippen LogP contribution in [0.25, 0.3) is 0 Å². The molecule has 4 nitrogen and oxygen atoms in total. The van der Waals surface area contributed by atoms with Gasteiger partial charge in [-0.05, 0) is 25.8 Å². The van der Waals surface area contributed by atoms with Crippen LogP contribution in [-0.2, 0) is 16.7 Å². The maximum atomic E-state index is 5.28. The number of rotatable bonds is 5. The summed E-state index contributed by atoms with van der Waals surface area (Å²) >= 11 is 1.85. The quantitative estimate of drug-likeness (QED) is 0.907. The zero-order valence-electron chi connectivity index (χ0n) is 14.0. The van der Waals surface area contributed by atoms with Gasteiger partial charge in [-0.2, -0.15) is 0 Å². The molecule has 0 atom stereocenters. The Morgan fingerprint density at radius 1 is 1.33 bits per heavy atom. The smallest absolute Gasteiger partial charge is 0.185 e. The zero-order valence-corrected chi connectivity index (χ0v) is 14.8. The van der Waals surface area contributed by atoms with Gasteiger partial charge in [0.25, 0.3) is 0 Å². The van der Waals surface area contributed by atoms with E-state index >= 15 is 0 Å². The first-order valence-electron chi connectivity index (χ1n) is 7.84. The highest BCUT2D eigenvalue weighted by Crippen LogP contribution is 2.35. The molecule has 2 heterocycles. The summed E-state index contributed by atoms with van der Waals surface area (Å²) in [5, 5.41) is 4.47. The normalized spacial score (nSPS) is 17.5. The molecular formula is C16H29N3OS. The van der Waals surface area contributed by atoms with Gasteiger partial charge in [-0.3, -0.25) is 0 Å². The Kier molecular flexibility index (Phi) is 5.63. The summed E-state index contributed by atoms with van der Waals surface area (Å²) in [4.78, 5) is 8.79. The Bertz CT molecular complexity index is 445. The molecule has 0 aromatic carbocycles. The van der Waals surface area contributed by atoms with Crippen LogP contribution in [0.2, 0.25) is 0 Å². The van der Waals surface area contributed by atoms with Crippen LogP contribution < -0.4 is 10.2 Å². The van der Waals surface area contributed by atoms with E-state index < -0.39 is 0 Å². The molecule has 1 fully saturated rings. The lowest BCUT2D eigenvalue weighted by atomic mass is 9.91. The van der Waals surface area contributed by atoms with E-state index in [-0.39, 0.29) is 5.41 Å². The molecule has 1 aromatic heterocycles. The molecule has 1 N–H and O–H groups in total. The van der Waals surface area contributed by atoms with E-state index in [9.17, 15) is 0 Å². The minimum absolute atomic E-state index is 0.106. The van der Waals surface area contributed by atoms with Crippen molar-refractivity contribution < 1.29 is 4.74 Å². The third-order valence-electron chi connectivity index (χ3n) is 4.02. The van der Waals surface area contributed by atoms with E-state index in [2.05, 4.69) is 31.0 Å². The highest BCUT2D eigenvalue weighted by molar-refractivity contribution is 7.15. The number of hydrogen-bond acceptors (Lipinski definition) is 5. The Morgan fingerprint density at radius 3 is 2.52 bits per heavy atom. The van der Waals surface area contributed by atoms with Crippen LogP contribution in [0.4, 0.5) is 5.13 Å². The molecular weight excluding hydrogens is 282 g/mol. The molecule has 1 saturated heterocycles. The summed E-state index contributed by atoms with van der Waals surface area (Å²) in [6.07, 6.45) is 2.42. The van der Waals surface area contributed by atoms with Gasteiger partial charge in [-0.1, -0.05) is 20.8 Å². The van der Waals surface area contributed by atoms with E-state index in [1.165, 1.54) is 28.5 Å². The second-order valence-corrected chi connectivity index (χ2v) is 8.00. The van der Waals surface area contributed by atoms with Gasteiger partial charge in [0, 0.05) is 43.6 Å². The van der Waals surface area contributed by atoms with Crippen molar-refractivity contribution in [2.45, 2.75) is 45.6 Å².